The van der Waals surface area contributed by atoms with Crippen LogP contribution in [0.5, 0.6) is 0 Å². The van der Waals surface area contributed by atoms with Crippen molar-refractivity contribution in [3.05, 3.63) is 12.1 Å². The normalized spacial score (nSPS) is 12.4. The van der Waals surface area contributed by atoms with Gasteiger partial charge in [0.05, 0.1) is 18.8 Å². The highest BCUT2D eigenvalue weighted by Gasteiger charge is 2.23. The molecule has 1 aromatic rings. The third-order valence-corrected chi connectivity index (χ3v) is 2.02. The first-order chi connectivity index (χ1) is 5.89. The molecular weight excluding hydrogens is 197 g/mol. The molecule has 0 amide bonds. The van der Waals surface area contributed by atoms with E-state index in [0.29, 0.717) is 0 Å². The lowest BCUT2D eigenvalue weighted by atomic mass is 10.4. The van der Waals surface area contributed by atoms with Gasteiger partial charge in [0.1, 0.15) is 0 Å². The lowest BCUT2D eigenvalue weighted by Crippen LogP contribution is -2.32. The van der Waals surface area contributed by atoms with Gasteiger partial charge in [-0.05, 0) is 0 Å². The highest BCUT2D eigenvalue weighted by molar-refractivity contribution is 7.59. The molecular formula is C5H10N3O4P. The average molecular weight is 207 g/mol. The quantitative estimate of drug-likeness (QED) is 0.341. The van der Waals surface area contributed by atoms with Crippen molar-refractivity contribution in [2.45, 2.75) is 12.6 Å². The molecule has 0 aliphatic carbocycles. The Morgan fingerprint density at radius 3 is 2.62 bits per heavy atom. The smallest absolute Gasteiger partial charge is 0.392 e. The van der Waals surface area contributed by atoms with Crippen LogP contribution in [0.15, 0.2) is 10.6 Å². The first-order valence-electron chi connectivity index (χ1n) is 3.41. The van der Waals surface area contributed by atoms with E-state index in [-0.39, 0.29) is 12.3 Å². The fourth-order valence-corrected chi connectivity index (χ4v) is 1.16. The van der Waals surface area contributed by atoms with E-state index in [4.69, 9.17) is 25.7 Å². The van der Waals surface area contributed by atoms with Crippen LogP contribution in [0.3, 0.4) is 0 Å². The minimum absolute atomic E-state index is 0.119. The van der Waals surface area contributed by atoms with Crippen LogP contribution >= 0.6 is 7.60 Å². The standard InChI is InChI=1S/C5H10N3O4P/c6-3(7)1-4-8-2-5(12-4)13(9,10)11/h2-3H,1,6-7H2,(H2,9,10,11). The van der Waals surface area contributed by atoms with Gasteiger partial charge in [-0.2, -0.15) is 0 Å². The first-order valence-corrected chi connectivity index (χ1v) is 5.03. The van der Waals surface area contributed by atoms with Crippen molar-refractivity contribution in [1.29, 1.82) is 0 Å². The van der Waals surface area contributed by atoms with Crippen LogP contribution in [0.4, 0.5) is 0 Å². The van der Waals surface area contributed by atoms with E-state index < -0.39 is 19.3 Å². The predicted molar refractivity (Wildman–Crippen MR) is 44.0 cm³/mol. The van der Waals surface area contributed by atoms with E-state index in [1.165, 1.54) is 0 Å². The Hall–Kier alpha value is -0.720. The van der Waals surface area contributed by atoms with Gasteiger partial charge in [0.15, 0.2) is 5.89 Å². The zero-order valence-electron chi connectivity index (χ0n) is 6.62. The molecule has 74 valence electrons. The molecule has 0 aliphatic heterocycles. The van der Waals surface area contributed by atoms with Crippen LogP contribution in [0.2, 0.25) is 0 Å². The largest absolute Gasteiger partial charge is 0.433 e. The Bertz CT molecular complexity index is 330. The molecule has 0 radical (unpaired) electrons. The molecule has 0 aliphatic rings. The molecule has 0 spiro atoms. The number of oxazole rings is 1. The molecule has 1 heterocycles. The van der Waals surface area contributed by atoms with Crippen LogP contribution in [0.1, 0.15) is 5.89 Å². The summed E-state index contributed by atoms with van der Waals surface area (Å²) in [6.07, 6.45) is 0.460. The average Bonchev–Trinajstić information content (AvgIpc) is 2.32. The van der Waals surface area contributed by atoms with E-state index in [2.05, 4.69) is 4.98 Å². The Labute approximate surface area is 73.9 Å². The van der Waals surface area contributed by atoms with Crippen LogP contribution in [-0.4, -0.2) is 20.9 Å². The van der Waals surface area contributed by atoms with E-state index in [1.807, 2.05) is 0 Å². The van der Waals surface area contributed by atoms with Gasteiger partial charge in [0.2, 0.25) is 5.50 Å². The van der Waals surface area contributed by atoms with Crippen molar-refractivity contribution in [1.82, 2.24) is 4.98 Å². The number of rotatable bonds is 3. The van der Waals surface area contributed by atoms with Gasteiger partial charge in [-0.3, -0.25) is 4.57 Å². The molecule has 7 nitrogen and oxygen atoms in total. The third-order valence-electron chi connectivity index (χ3n) is 1.24. The minimum Gasteiger partial charge on any atom is -0.433 e. The first kappa shape index (κ1) is 10.4. The van der Waals surface area contributed by atoms with Crippen molar-refractivity contribution in [2.24, 2.45) is 11.5 Å². The molecule has 13 heavy (non-hydrogen) atoms. The van der Waals surface area contributed by atoms with Crippen molar-refractivity contribution in [2.75, 3.05) is 0 Å². The Balaban J connectivity index is 2.81. The van der Waals surface area contributed by atoms with Crippen LogP contribution in [-0.2, 0) is 11.0 Å². The maximum absolute atomic E-state index is 10.6. The van der Waals surface area contributed by atoms with Gasteiger partial charge < -0.3 is 25.7 Å². The molecule has 1 rings (SSSR count). The monoisotopic (exact) mass is 207 g/mol. The Kier molecular flexibility index (Phi) is 2.84. The van der Waals surface area contributed by atoms with Crippen molar-refractivity contribution >= 4 is 13.1 Å². The fraction of sp³-hybridized carbons (Fsp3) is 0.400. The molecule has 8 heteroatoms. The second kappa shape index (κ2) is 3.57. The molecule has 0 saturated carbocycles. The number of nitrogens with two attached hydrogens (primary N) is 2. The molecule has 0 atom stereocenters. The van der Waals surface area contributed by atoms with Gasteiger partial charge in [-0.1, -0.05) is 0 Å². The van der Waals surface area contributed by atoms with E-state index in [1.54, 1.807) is 0 Å². The third kappa shape index (κ3) is 2.91. The summed E-state index contributed by atoms with van der Waals surface area (Å²) in [5.41, 5.74) is 9.98. The molecule has 0 saturated heterocycles. The number of hydrogen-bond donors (Lipinski definition) is 4. The second-order valence-corrected chi connectivity index (χ2v) is 4.03. The topological polar surface area (TPSA) is 136 Å². The summed E-state index contributed by atoms with van der Waals surface area (Å²) in [4.78, 5) is 20.9. The summed E-state index contributed by atoms with van der Waals surface area (Å²) in [6, 6.07) is 0. The number of aromatic nitrogens is 1. The SMILES string of the molecule is NC(N)Cc1ncc(P(=O)(O)O)o1. The van der Waals surface area contributed by atoms with Gasteiger partial charge in [-0.15, -0.1) is 0 Å². The molecule has 0 bridgehead atoms. The highest BCUT2D eigenvalue weighted by Crippen LogP contribution is 2.33. The Morgan fingerprint density at radius 1 is 1.62 bits per heavy atom. The molecule has 1 aromatic heterocycles. The minimum atomic E-state index is -4.35. The fourth-order valence-electron chi connectivity index (χ4n) is 0.731. The van der Waals surface area contributed by atoms with Crippen LogP contribution in [0.25, 0.3) is 0 Å². The molecule has 0 unspecified atom stereocenters. The van der Waals surface area contributed by atoms with E-state index in [0.717, 1.165) is 6.20 Å². The van der Waals surface area contributed by atoms with Crippen LogP contribution in [0, 0.1) is 0 Å². The summed E-state index contributed by atoms with van der Waals surface area (Å²) in [6.45, 7) is 0. The number of nitrogens with zero attached hydrogens (tertiary/aromatic N) is 1. The lowest BCUT2D eigenvalue weighted by molar-refractivity contribution is 0.372. The second-order valence-electron chi connectivity index (χ2n) is 2.50. The summed E-state index contributed by atoms with van der Waals surface area (Å²) in [7, 11) is -4.35. The van der Waals surface area contributed by atoms with Gasteiger partial charge >= 0.3 is 7.60 Å². The van der Waals surface area contributed by atoms with Crippen molar-refractivity contribution < 1.29 is 18.8 Å². The van der Waals surface area contributed by atoms with Gasteiger partial charge in [-0.25, -0.2) is 4.98 Å². The summed E-state index contributed by atoms with van der Waals surface area (Å²) < 4.78 is 15.4. The van der Waals surface area contributed by atoms with Gasteiger partial charge in [0.25, 0.3) is 0 Å². The maximum atomic E-state index is 10.6. The number of hydrogen-bond acceptors (Lipinski definition) is 5. The zero-order chi connectivity index (χ0) is 10.1. The van der Waals surface area contributed by atoms with E-state index in [9.17, 15) is 4.57 Å². The van der Waals surface area contributed by atoms with E-state index >= 15 is 0 Å². The van der Waals surface area contributed by atoms with Crippen molar-refractivity contribution in [3.63, 3.8) is 0 Å². The molecule has 0 fully saturated rings. The van der Waals surface area contributed by atoms with Gasteiger partial charge in [0, 0.05) is 0 Å². The Morgan fingerprint density at radius 2 is 2.23 bits per heavy atom. The van der Waals surface area contributed by atoms with Crippen LogP contribution < -0.4 is 17.0 Å². The van der Waals surface area contributed by atoms with Crippen molar-refractivity contribution in [3.8, 4) is 0 Å². The molecule has 0 aromatic carbocycles. The summed E-state index contributed by atoms with van der Waals surface area (Å²) in [5.74, 6) is 0.119. The lowest BCUT2D eigenvalue weighted by Gasteiger charge is -2.00. The summed E-state index contributed by atoms with van der Waals surface area (Å²) >= 11 is 0. The molecule has 6 N–H and O–H groups in total. The predicted octanol–water partition coefficient (Wildman–Crippen LogP) is -1.74. The highest BCUT2D eigenvalue weighted by atomic mass is 31.2. The maximum Gasteiger partial charge on any atom is 0.392 e. The summed E-state index contributed by atoms with van der Waals surface area (Å²) in [5, 5.41) is 0. The zero-order valence-corrected chi connectivity index (χ0v) is 7.52.